The number of amides is 2. The standard InChI is InChI=1S/C22H21N3O3S2/c23-13-18-17-7-5-15(14-28-22(27)25-9-1-2-10-25)12-19(17)30-21(18)24-20(26)8-6-16-4-3-11-29-16/h1-4,6,8,11,15H,5,7,9-10,12,14H2,(H,24,26). The molecule has 3 heterocycles. The van der Waals surface area contributed by atoms with Crippen LogP contribution in [0.5, 0.6) is 0 Å². The fourth-order valence-electron chi connectivity index (χ4n) is 3.61. The molecular formula is C22H21N3O3S2. The highest BCUT2D eigenvalue weighted by Crippen LogP contribution is 2.39. The third-order valence-corrected chi connectivity index (χ3v) is 7.18. The van der Waals surface area contributed by atoms with Gasteiger partial charge in [-0.15, -0.1) is 22.7 Å². The first kappa shape index (κ1) is 20.4. The Kier molecular flexibility index (Phi) is 6.31. The van der Waals surface area contributed by atoms with Gasteiger partial charge in [-0.25, -0.2) is 4.79 Å². The van der Waals surface area contributed by atoms with Crippen LogP contribution in [0.1, 0.15) is 27.3 Å². The molecule has 1 aliphatic heterocycles. The predicted octanol–water partition coefficient (Wildman–Crippen LogP) is 4.45. The van der Waals surface area contributed by atoms with Crippen LogP contribution in [0.25, 0.3) is 6.08 Å². The SMILES string of the molecule is N#Cc1c(NC(=O)C=Cc2cccs2)sc2c1CCC(COC(=O)N1CC=CC1)C2. The molecule has 0 fully saturated rings. The monoisotopic (exact) mass is 439 g/mol. The topological polar surface area (TPSA) is 82.4 Å². The zero-order valence-electron chi connectivity index (χ0n) is 16.3. The molecular weight excluding hydrogens is 418 g/mol. The summed E-state index contributed by atoms with van der Waals surface area (Å²) < 4.78 is 5.48. The van der Waals surface area contributed by atoms with Crippen molar-refractivity contribution in [2.75, 3.05) is 25.0 Å². The molecule has 0 bridgehead atoms. The first-order chi connectivity index (χ1) is 14.6. The van der Waals surface area contributed by atoms with Gasteiger partial charge in [0.05, 0.1) is 12.2 Å². The van der Waals surface area contributed by atoms with Gasteiger partial charge in [-0.3, -0.25) is 4.79 Å². The number of hydrogen-bond donors (Lipinski definition) is 1. The van der Waals surface area contributed by atoms with Crippen LogP contribution >= 0.6 is 22.7 Å². The largest absolute Gasteiger partial charge is 0.449 e. The van der Waals surface area contributed by atoms with Crippen LogP contribution in [-0.4, -0.2) is 36.6 Å². The molecule has 2 amide bonds. The number of anilines is 1. The van der Waals surface area contributed by atoms with Gasteiger partial charge in [0.15, 0.2) is 0 Å². The van der Waals surface area contributed by atoms with Gasteiger partial charge in [-0.1, -0.05) is 18.2 Å². The minimum atomic E-state index is -0.278. The summed E-state index contributed by atoms with van der Waals surface area (Å²) in [4.78, 5) is 28.1. The van der Waals surface area contributed by atoms with Crippen molar-refractivity contribution in [3.8, 4) is 6.07 Å². The number of thiophene rings is 2. The summed E-state index contributed by atoms with van der Waals surface area (Å²) in [6.45, 7) is 1.59. The van der Waals surface area contributed by atoms with Crippen LogP contribution in [0, 0.1) is 17.2 Å². The van der Waals surface area contributed by atoms with Gasteiger partial charge < -0.3 is 15.0 Å². The molecule has 2 aliphatic rings. The van der Waals surface area contributed by atoms with E-state index in [0.29, 0.717) is 30.3 Å². The smallest absolute Gasteiger partial charge is 0.410 e. The van der Waals surface area contributed by atoms with Gasteiger partial charge in [0.25, 0.3) is 0 Å². The van der Waals surface area contributed by atoms with Gasteiger partial charge in [0.1, 0.15) is 11.1 Å². The van der Waals surface area contributed by atoms with E-state index in [0.717, 1.165) is 34.6 Å². The van der Waals surface area contributed by atoms with E-state index >= 15 is 0 Å². The molecule has 2 aromatic rings. The van der Waals surface area contributed by atoms with E-state index in [9.17, 15) is 14.9 Å². The average molecular weight is 440 g/mol. The van der Waals surface area contributed by atoms with Crippen LogP contribution in [0.2, 0.25) is 0 Å². The number of carbonyl (C=O) groups is 2. The predicted molar refractivity (Wildman–Crippen MR) is 119 cm³/mol. The van der Waals surface area contributed by atoms with Crippen molar-refractivity contribution in [2.24, 2.45) is 5.92 Å². The molecule has 0 saturated heterocycles. The minimum absolute atomic E-state index is 0.226. The summed E-state index contributed by atoms with van der Waals surface area (Å²) in [7, 11) is 0. The van der Waals surface area contributed by atoms with Crippen LogP contribution in [0.15, 0.2) is 35.7 Å². The number of fused-ring (bicyclic) bond motifs is 1. The highest BCUT2D eigenvalue weighted by atomic mass is 32.1. The summed E-state index contributed by atoms with van der Waals surface area (Å²) in [6, 6.07) is 6.12. The van der Waals surface area contributed by atoms with Crippen molar-refractivity contribution in [1.29, 1.82) is 5.26 Å². The second-order valence-electron chi connectivity index (χ2n) is 7.22. The zero-order valence-corrected chi connectivity index (χ0v) is 17.9. The Morgan fingerprint density at radius 2 is 2.20 bits per heavy atom. The van der Waals surface area contributed by atoms with Gasteiger partial charge in [0, 0.05) is 28.9 Å². The Labute approximate surface area is 183 Å². The fourth-order valence-corrected chi connectivity index (χ4v) is 5.54. The normalized spacial score (nSPS) is 17.7. The Morgan fingerprint density at radius 1 is 1.37 bits per heavy atom. The van der Waals surface area contributed by atoms with Crippen molar-refractivity contribution >= 4 is 45.8 Å². The summed E-state index contributed by atoms with van der Waals surface area (Å²) in [5.41, 5.74) is 1.58. The minimum Gasteiger partial charge on any atom is -0.449 e. The van der Waals surface area contributed by atoms with E-state index < -0.39 is 0 Å². The number of nitriles is 1. The first-order valence-electron chi connectivity index (χ1n) is 9.78. The summed E-state index contributed by atoms with van der Waals surface area (Å²) in [6.07, 6.45) is 9.24. The highest BCUT2D eigenvalue weighted by molar-refractivity contribution is 7.16. The molecule has 30 heavy (non-hydrogen) atoms. The van der Waals surface area contributed by atoms with Crippen LogP contribution in [0.3, 0.4) is 0 Å². The summed E-state index contributed by atoms with van der Waals surface area (Å²) in [5.74, 6) is -0.0207. The molecule has 1 atom stereocenters. The summed E-state index contributed by atoms with van der Waals surface area (Å²) in [5, 5.41) is 15.0. The molecule has 4 rings (SSSR count). The van der Waals surface area contributed by atoms with Crippen LogP contribution < -0.4 is 5.32 Å². The molecule has 0 saturated carbocycles. The molecule has 1 aliphatic carbocycles. The van der Waals surface area contributed by atoms with E-state index in [1.165, 1.54) is 17.4 Å². The van der Waals surface area contributed by atoms with Crippen LogP contribution in [0.4, 0.5) is 9.80 Å². The third-order valence-electron chi connectivity index (χ3n) is 5.18. The molecule has 6 nitrogen and oxygen atoms in total. The Morgan fingerprint density at radius 3 is 2.93 bits per heavy atom. The van der Waals surface area contributed by atoms with E-state index in [1.54, 1.807) is 22.3 Å². The number of nitrogens with zero attached hydrogens (tertiary/aromatic N) is 2. The lowest BCUT2D eigenvalue weighted by atomic mass is 9.88. The Bertz CT molecular complexity index is 1020. The van der Waals surface area contributed by atoms with Crippen LogP contribution in [-0.2, 0) is 22.4 Å². The number of hydrogen-bond acceptors (Lipinski definition) is 6. The lowest BCUT2D eigenvalue weighted by Gasteiger charge is -2.23. The van der Waals surface area contributed by atoms with E-state index in [-0.39, 0.29) is 17.9 Å². The maximum absolute atomic E-state index is 12.3. The second-order valence-corrected chi connectivity index (χ2v) is 9.30. The van der Waals surface area contributed by atoms with Gasteiger partial charge in [-0.05, 0) is 48.3 Å². The molecule has 1 N–H and O–H groups in total. The number of ether oxygens (including phenoxy) is 1. The molecule has 0 radical (unpaired) electrons. The molecule has 154 valence electrons. The lowest BCUT2D eigenvalue weighted by Crippen LogP contribution is -2.31. The van der Waals surface area contributed by atoms with Gasteiger partial charge >= 0.3 is 6.09 Å². The third kappa shape index (κ3) is 4.64. The van der Waals surface area contributed by atoms with Crippen molar-refractivity contribution < 1.29 is 14.3 Å². The quantitative estimate of drug-likeness (QED) is 0.551. The van der Waals surface area contributed by atoms with E-state index in [4.69, 9.17) is 4.74 Å². The maximum atomic E-state index is 12.3. The Balaban J connectivity index is 1.37. The van der Waals surface area contributed by atoms with Crippen molar-refractivity contribution in [3.63, 3.8) is 0 Å². The van der Waals surface area contributed by atoms with E-state index in [1.807, 2.05) is 29.7 Å². The molecule has 0 aromatic carbocycles. The summed E-state index contributed by atoms with van der Waals surface area (Å²) >= 11 is 3.01. The molecule has 0 spiro atoms. The Hall–Kier alpha value is -2.89. The van der Waals surface area contributed by atoms with Gasteiger partial charge in [-0.2, -0.15) is 5.26 Å². The van der Waals surface area contributed by atoms with Crippen molar-refractivity contribution in [1.82, 2.24) is 4.90 Å². The van der Waals surface area contributed by atoms with Crippen molar-refractivity contribution in [2.45, 2.75) is 19.3 Å². The van der Waals surface area contributed by atoms with E-state index in [2.05, 4.69) is 11.4 Å². The highest BCUT2D eigenvalue weighted by Gasteiger charge is 2.27. The number of carbonyl (C=O) groups excluding carboxylic acids is 2. The van der Waals surface area contributed by atoms with Crippen molar-refractivity contribution in [3.05, 3.63) is 56.6 Å². The molecule has 1 unspecified atom stereocenters. The zero-order chi connectivity index (χ0) is 20.9. The number of rotatable bonds is 5. The first-order valence-corrected chi connectivity index (χ1v) is 11.5. The maximum Gasteiger partial charge on any atom is 0.410 e. The molecule has 8 heteroatoms. The average Bonchev–Trinajstić information content (AvgIpc) is 3.51. The lowest BCUT2D eigenvalue weighted by molar-refractivity contribution is -0.111. The van der Waals surface area contributed by atoms with Gasteiger partial charge in [0.2, 0.25) is 5.91 Å². The fraction of sp³-hybridized carbons (Fsp3) is 0.318. The molecule has 2 aromatic heterocycles. The second kappa shape index (κ2) is 9.28. The number of nitrogens with one attached hydrogen (secondary N) is 1.